The number of likely N-dealkylation sites (tertiary alicyclic amines) is 1. The van der Waals surface area contributed by atoms with E-state index in [4.69, 9.17) is 9.47 Å². The molecule has 0 spiro atoms. The molecule has 150 valence electrons. The van der Waals surface area contributed by atoms with Crippen molar-refractivity contribution in [3.8, 4) is 5.75 Å². The normalized spacial score (nSPS) is 29.8. The molecule has 0 aromatic heterocycles. The van der Waals surface area contributed by atoms with Gasteiger partial charge in [0.15, 0.2) is 0 Å². The first-order valence-corrected chi connectivity index (χ1v) is 9.91. The first-order chi connectivity index (χ1) is 13.6. The number of rotatable bonds is 6. The lowest BCUT2D eigenvalue weighted by Gasteiger charge is -2.35. The third kappa shape index (κ3) is 3.12. The molecule has 0 aliphatic carbocycles. The summed E-state index contributed by atoms with van der Waals surface area (Å²) in [4.78, 5) is 2.39. The van der Waals surface area contributed by atoms with Crippen molar-refractivity contribution in [2.24, 2.45) is 11.8 Å². The lowest BCUT2D eigenvalue weighted by molar-refractivity contribution is 0.129. The molecule has 0 unspecified atom stereocenters. The molecule has 2 fully saturated rings. The van der Waals surface area contributed by atoms with E-state index < -0.39 is 5.54 Å². The van der Waals surface area contributed by atoms with E-state index in [1.807, 2.05) is 12.1 Å². The SMILES string of the molecule is COCc1cc([C@H]2N[C@](CO)(c3ccccc3)[C@H]3CN(C)C[C@@H]23)ccc1OC. The summed E-state index contributed by atoms with van der Waals surface area (Å²) >= 11 is 0. The summed E-state index contributed by atoms with van der Waals surface area (Å²) in [5, 5.41) is 14.4. The first kappa shape index (κ1) is 19.4. The Hall–Kier alpha value is -1.92. The molecule has 0 amide bonds. The summed E-state index contributed by atoms with van der Waals surface area (Å²) < 4.78 is 10.9. The van der Waals surface area contributed by atoms with Gasteiger partial charge in [-0.1, -0.05) is 36.4 Å². The van der Waals surface area contributed by atoms with E-state index in [1.54, 1.807) is 14.2 Å². The maximum Gasteiger partial charge on any atom is 0.124 e. The molecule has 4 rings (SSSR count). The molecule has 0 radical (unpaired) electrons. The van der Waals surface area contributed by atoms with E-state index in [1.165, 1.54) is 5.56 Å². The van der Waals surface area contributed by atoms with Crippen LogP contribution in [0.5, 0.6) is 5.75 Å². The molecule has 0 bridgehead atoms. The summed E-state index contributed by atoms with van der Waals surface area (Å²) in [5.41, 5.74) is 3.01. The third-order valence-corrected chi connectivity index (χ3v) is 6.52. The molecule has 2 aromatic rings. The molecular formula is C23H30N2O3. The number of aliphatic hydroxyl groups is 1. The molecule has 2 aromatic carbocycles. The molecule has 2 aliphatic rings. The van der Waals surface area contributed by atoms with Crippen LogP contribution in [0.4, 0.5) is 0 Å². The average molecular weight is 383 g/mol. The molecule has 2 aliphatic heterocycles. The molecular weight excluding hydrogens is 352 g/mol. The average Bonchev–Trinajstić information content (AvgIpc) is 3.25. The van der Waals surface area contributed by atoms with E-state index in [9.17, 15) is 5.11 Å². The molecule has 2 heterocycles. The second kappa shape index (κ2) is 7.84. The maximum atomic E-state index is 10.6. The van der Waals surface area contributed by atoms with E-state index in [0.717, 1.165) is 30.0 Å². The highest BCUT2D eigenvalue weighted by Gasteiger charge is 2.56. The van der Waals surface area contributed by atoms with Gasteiger partial charge in [-0.15, -0.1) is 0 Å². The highest BCUT2D eigenvalue weighted by atomic mass is 16.5. The summed E-state index contributed by atoms with van der Waals surface area (Å²) in [6.45, 7) is 2.60. The largest absolute Gasteiger partial charge is 0.496 e. The Kier molecular flexibility index (Phi) is 5.43. The van der Waals surface area contributed by atoms with Crippen molar-refractivity contribution >= 4 is 0 Å². The van der Waals surface area contributed by atoms with Crippen molar-refractivity contribution in [3.63, 3.8) is 0 Å². The minimum absolute atomic E-state index is 0.0869. The third-order valence-electron chi connectivity index (χ3n) is 6.52. The minimum atomic E-state index is -0.428. The highest BCUT2D eigenvalue weighted by Crippen LogP contribution is 2.51. The van der Waals surface area contributed by atoms with Gasteiger partial charge in [-0.2, -0.15) is 0 Å². The molecule has 28 heavy (non-hydrogen) atoms. The van der Waals surface area contributed by atoms with Crippen LogP contribution in [0.1, 0.15) is 22.7 Å². The van der Waals surface area contributed by atoms with Crippen LogP contribution in [0.25, 0.3) is 0 Å². The van der Waals surface area contributed by atoms with Gasteiger partial charge < -0.3 is 19.5 Å². The Morgan fingerprint density at radius 3 is 2.61 bits per heavy atom. The Labute approximate surface area is 167 Å². The topological polar surface area (TPSA) is 54.0 Å². The summed E-state index contributed by atoms with van der Waals surface area (Å²) in [5.74, 6) is 1.63. The zero-order chi connectivity index (χ0) is 19.7. The van der Waals surface area contributed by atoms with Crippen LogP contribution in [0.3, 0.4) is 0 Å². The standard InChI is InChI=1S/C23H30N2O3/c1-25-12-19-20(13-25)23(15-26,18-7-5-4-6-8-18)24-22(19)16-9-10-21(28-3)17(11-16)14-27-2/h4-11,19-20,22,24,26H,12-15H2,1-3H3/t19-,20+,22-,23-/m1/s1. The van der Waals surface area contributed by atoms with Gasteiger partial charge in [0.1, 0.15) is 5.75 Å². The lowest BCUT2D eigenvalue weighted by Crippen LogP contribution is -2.47. The number of nitrogens with zero attached hydrogens (tertiary/aromatic N) is 1. The fraction of sp³-hybridized carbons (Fsp3) is 0.478. The van der Waals surface area contributed by atoms with Crippen molar-refractivity contribution in [1.82, 2.24) is 10.2 Å². The molecule has 0 saturated carbocycles. The van der Waals surface area contributed by atoms with Crippen molar-refractivity contribution in [2.75, 3.05) is 41.0 Å². The van der Waals surface area contributed by atoms with Crippen LogP contribution in [0, 0.1) is 11.8 Å². The van der Waals surface area contributed by atoms with Gasteiger partial charge >= 0.3 is 0 Å². The number of aliphatic hydroxyl groups excluding tert-OH is 1. The van der Waals surface area contributed by atoms with Crippen molar-refractivity contribution in [1.29, 1.82) is 0 Å². The Balaban J connectivity index is 1.76. The Morgan fingerprint density at radius 2 is 1.93 bits per heavy atom. The van der Waals surface area contributed by atoms with Gasteiger partial charge in [0.2, 0.25) is 0 Å². The maximum absolute atomic E-state index is 10.6. The Bertz CT molecular complexity index is 813. The van der Waals surface area contributed by atoms with E-state index in [0.29, 0.717) is 18.4 Å². The number of fused-ring (bicyclic) bond motifs is 1. The van der Waals surface area contributed by atoms with Crippen molar-refractivity contribution < 1.29 is 14.6 Å². The van der Waals surface area contributed by atoms with Crippen molar-refractivity contribution in [3.05, 3.63) is 65.2 Å². The van der Waals surface area contributed by atoms with Crippen LogP contribution >= 0.6 is 0 Å². The van der Waals surface area contributed by atoms with Crippen LogP contribution in [0.15, 0.2) is 48.5 Å². The fourth-order valence-electron chi connectivity index (χ4n) is 5.26. The van der Waals surface area contributed by atoms with E-state index in [2.05, 4.69) is 53.7 Å². The number of nitrogens with one attached hydrogen (secondary N) is 1. The van der Waals surface area contributed by atoms with E-state index >= 15 is 0 Å². The van der Waals surface area contributed by atoms with Gasteiger partial charge in [-0.25, -0.2) is 0 Å². The minimum Gasteiger partial charge on any atom is -0.496 e. The van der Waals surface area contributed by atoms with E-state index in [-0.39, 0.29) is 12.6 Å². The van der Waals surface area contributed by atoms with Crippen LogP contribution in [-0.2, 0) is 16.9 Å². The number of ether oxygens (including phenoxy) is 2. The number of hydrogen-bond acceptors (Lipinski definition) is 5. The van der Waals surface area contributed by atoms with Gasteiger partial charge in [0.25, 0.3) is 0 Å². The van der Waals surface area contributed by atoms with Crippen LogP contribution in [-0.4, -0.2) is 51.0 Å². The van der Waals surface area contributed by atoms with Gasteiger partial charge in [0, 0.05) is 37.7 Å². The summed E-state index contributed by atoms with van der Waals surface area (Å²) in [6.07, 6.45) is 0. The van der Waals surface area contributed by atoms with Crippen molar-refractivity contribution in [2.45, 2.75) is 18.2 Å². The smallest absolute Gasteiger partial charge is 0.124 e. The van der Waals surface area contributed by atoms with Crippen LogP contribution in [0.2, 0.25) is 0 Å². The number of methoxy groups -OCH3 is 2. The molecule has 4 atom stereocenters. The molecule has 5 heteroatoms. The monoisotopic (exact) mass is 382 g/mol. The highest BCUT2D eigenvalue weighted by molar-refractivity contribution is 5.41. The van der Waals surface area contributed by atoms with Gasteiger partial charge in [0.05, 0.1) is 25.9 Å². The molecule has 5 nitrogen and oxygen atoms in total. The molecule has 2 N–H and O–H groups in total. The summed E-state index contributed by atoms with van der Waals surface area (Å²) in [7, 11) is 5.57. The lowest BCUT2D eigenvalue weighted by atomic mass is 9.76. The van der Waals surface area contributed by atoms with Crippen LogP contribution < -0.4 is 10.1 Å². The van der Waals surface area contributed by atoms with Gasteiger partial charge in [-0.3, -0.25) is 5.32 Å². The second-order valence-electron chi connectivity index (χ2n) is 8.11. The quantitative estimate of drug-likeness (QED) is 0.804. The summed E-state index contributed by atoms with van der Waals surface area (Å²) in [6, 6.07) is 16.9. The fourth-order valence-corrected chi connectivity index (χ4v) is 5.26. The molecule has 2 saturated heterocycles. The second-order valence-corrected chi connectivity index (χ2v) is 8.11. The predicted octanol–water partition coefficient (Wildman–Crippen LogP) is 2.55. The van der Waals surface area contributed by atoms with Gasteiger partial charge in [-0.05, 0) is 36.2 Å². The first-order valence-electron chi connectivity index (χ1n) is 9.91. The number of benzene rings is 2. The zero-order valence-electron chi connectivity index (χ0n) is 16.9. The Morgan fingerprint density at radius 1 is 1.14 bits per heavy atom. The number of hydrogen-bond donors (Lipinski definition) is 2. The zero-order valence-corrected chi connectivity index (χ0v) is 16.9. The predicted molar refractivity (Wildman–Crippen MR) is 109 cm³/mol.